The summed E-state index contributed by atoms with van der Waals surface area (Å²) in [5.41, 5.74) is -1.17. The molecule has 1 fully saturated rings. The Morgan fingerprint density at radius 3 is 2.50 bits per heavy atom. The monoisotopic (exact) mass is 562 g/mol. The minimum absolute atomic E-state index is 0.00532. The van der Waals surface area contributed by atoms with Gasteiger partial charge in [0.1, 0.15) is 23.3 Å². The Hall–Kier alpha value is -3.54. The summed E-state index contributed by atoms with van der Waals surface area (Å²) in [6, 6.07) is 7.98. The molecule has 4 rings (SSSR count). The molecule has 0 radical (unpaired) electrons. The highest BCUT2D eigenvalue weighted by atomic mass is 79.9. The predicted molar refractivity (Wildman–Crippen MR) is 133 cm³/mol. The number of methoxy groups -OCH3 is 1. The van der Waals surface area contributed by atoms with Crippen molar-refractivity contribution in [2.24, 2.45) is 0 Å². The zero-order valence-corrected chi connectivity index (χ0v) is 21.6. The number of non-ortho nitro benzene ring substituents is 1. The minimum Gasteiger partial charge on any atom is -0.497 e. The van der Waals surface area contributed by atoms with Crippen molar-refractivity contribution in [3.63, 3.8) is 0 Å². The van der Waals surface area contributed by atoms with Crippen LogP contribution >= 0.6 is 15.9 Å². The number of hydrogen-bond acceptors (Lipinski definition) is 7. The molecule has 2 heterocycles. The van der Waals surface area contributed by atoms with E-state index in [-0.39, 0.29) is 39.9 Å². The molecule has 0 unspecified atom stereocenters. The molecule has 0 saturated carbocycles. The summed E-state index contributed by atoms with van der Waals surface area (Å²) in [6.45, 7) is 4.88. The maximum Gasteiger partial charge on any atom is 0.411 e. The molecule has 0 bridgehead atoms. The van der Waals surface area contributed by atoms with E-state index in [4.69, 9.17) is 9.47 Å². The molecule has 0 aliphatic carbocycles. The van der Waals surface area contributed by atoms with Crippen molar-refractivity contribution in [1.29, 1.82) is 0 Å². The zero-order chi connectivity index (χ0) is 26.4. The van der Waals surface area contributed by atoms with E-state index in [0.29, 0.717) is 11.4 Å². The Labute approximate surface area is 213 Å². The highest BCUT2D eigenvalue weighted by Gasteiger charge is 2.41. The molecule has 2 aromatic carbocycles. The fourth-order valence-corrected chi connectivity index (χ4v) is 4.65. The van der Waals surface area contributed by atoms with Crippen LogP contribution in [0, 0.1) is 10.1 Å². The Morgan fingerprint density at radius 1 is 1.25 bits per heavy atom. The number of halogens is 2. The van der Waals surface area contributed by atoms with Gasteiger partial charge >= 0.3 is 6.09 Å². The van der Waals surface area contributed by atoms with E-state index in [2.05, 4.69) is 20.9 Å². The molecule has 190 valence electrons. The normalized spacial score (nSPS) is 17.9. The van der Waals surface area contributed by atoms with Gasteiger partial charge in [0.15, 0.2) is 0 Å². The average Bonchev–Trinajstić information content (AvgIpc) is 3.20. The van der Waals surface area contributed by atoms with Gasteiger partial charge in [0, 0.05) is 18.6 Å². The molecule has 1 aliphatic rings. The van der Waals surface area contributed by atoms with E-state index >= 15 is 0 Å². The topological polar surface area (TPSA) is 117 Å². The number of rotatable bonds is 4. The second-order valence-corrected chi connectivity index (χ2v) is 10.2. The minimum atomic E-state index is -1.36. The first-order chi connectivity index (χ1) is 16.9. The van der Waals surface area contributed by atoms with Crippen LogP contribution in [0.15, 0.2) is 45.7 Å². The molecule has 3 aromatic rings. The van der Waals surface area contributed by atoms with Gasteiger partial charge in [-0.1, -0.05) is 0 Å². The van der Waals surface area contributed by atoms with Gasteiger partial charge in [0.25, 0.3) is 11.2 Å². The summed E-state index contributed by atoms with van der Waals surface area (Å²) >= 11 is 3.28. The standard InChI is InChI=1S/C24H24BrFN4O6/c1-24(2,3)36-23(32)28-12-13(26)9-19(28)21-27-20-17(10-15(30(33)34)11-18(20)25)22(31)29(21)14-5-7-16(35-4)8-6-14/h5-8,10-11,13,19H,9,12H2,1-4H3/t13-,19+/m0/s1. The van der Waals surface area contributed by atoms with Crippen molar-refractivity contribution >= 4 is 38.6 Å². The Bertz CT molecular complexity index is 1400. The van der Waals surface area contributed by atoms with Gasteiger partial charge in [0.2, 0.25) is 0 Å². The third-order valence-corrected chi connectivity index (χ3v) is 6.26. The molecule has 12 heteroatoms. The van der Waals surface area contributed by atoms with Gasteiger partial charge in [-0.15, -0.1) is 0 Å². The summed E-state index contributed by atoms with van der Waals surface area (Å²) in [7, 11) is 1.50. The van der Waals surface area contributed by atoms with Crippen molar-refractivity contribution < 1.29 is 23.6 Å². The van der Waals surface area contributed by atoms with E-state index in [9.17, 15) is 24.1 Å². The molecule has 1 amide bonds. The molecule has 0 spiro atoms. The van der Waals surface area contributed by atoms with Gasteiger partial charge in [0.05, 0.1) is 45.7 Å². The van der Waals surface area contributed by atoms with E-state index in [1.807, 2.05) is 0 Å². The maximum absolute atomic E-state index is 14.7. The first-order valence-corrected chi connectivity index (χ1v) is 11.9. The SMILES string of the molecule is COc1ccc(-n2c([C@H]3C[C@H](F)CN3C(=O)OC(C)(C)C)nc3c(Br)cc([N+](=O)[O-])cc3c2=O)cc1. The first-order valence-electron chi connectivity index (χ1n) is 11.1. The van der Waals surface area contributed by atoms with E-state index < -0.39 is 34.4 Å². The number of aromatic nitrogens is 2. The highest BCUT2D eigenvalue weighted by molar-refractivity contribution is 9.10. The Balaban J connectivity index is 1.98. The largest absolute Gasteiger partial charge is 0.497 e. The number of nitrogens with zero attached hydrogens (tertiary/aromatic N) is 4. The highest BCUT2D eigenvalue weighted by Crippen LogP contribution is 2.36. The van der Waals surface area contributed by atoms with Crippen molar-refractivity contribution in [1.82, 2.24) is 14.5 Å². The van der Waals surface area contributed by atoms with Gasteiger partial charge in [-0.25, -0.2) is 14.2 Å². The molecule has 1 saturated heterocycles. The molecule has 10 nitrogen and oxygen atoms in total. The maximum atomic E-state index is 14.7. The summed E-state index contributed by atoms with van der Waals surface area (Å²) < 4.78 is 26.9. The number of ether oxygens (including phenoxy) is 2. The van der Waals surface area contributed by atoms with Gasteiger partial charge in [-0.3, -0.25) is 24.4 Å². The average molecular weight is 563 g/mol. The molecule has 1 aliphatic heterocycles. The van der Waals surface area contributed by atoms with Gasteiger partial charge in [-0.2, -0.15) is 0 Å². The van der Waals surface area contributed by atoms with Crippen LogP contribution < -0.4 is 10.3 Å². The van der Waals surface area contributed by atoms with Crippen molar-refractivity contribution in [3.8, 4) is 11.4 Å². The second-order valence-electron chi connectivity index (χ2n) is 9.37. The number of nitro groups is 1. The molecule has 36 heavy (non-hydrogen) atoms. The van der Waals surface area contributed by atoms with Crippen LogP contribution in [-0.4, -0.2) is 50.9 Å². The lowest BCUT2D eigenvalue weighted by Gasteiger charge is -2.29. The number of hydrogen-bond donors (Lipinski definition) is 0. The van der Waals surface area contributed by atoms with Crippen molar-refractivity contribution in [2.75, 3.05) is 13.7 Å². The Morgan fingerprint density at radius 2 is 1.92 bits per heavy atom. The number of benzene rings is 2. The van der Waals surface area contributed by atoms with E-state index in [1.165, 1.54) is 22.6 Å². The van der Waals surface area contributed by atoms with E-state index in [0.717, 1.165) is 6.07 Å². The number of amides is 1. The lowest BCUT2D eigenvalue weighted by Crippen LogP contribution is -2.39. The molecule has 2 atom stereocenters. The van der Waals surface area contributed by atoms with Crippen molar-refractivity contribution in [2.45, 2.75) is 45.0 Å². The number of likely N-dealkylation sites (tertiary alicyclic amines) is 1. The summed E-state index contributed by atoms with van der Waals surface area (Å²) in [5, 5.41) is 11.4. The zero-order valence-electron chi connectivity index (χ0n) is 20.0. The first kappa shape index (κ1) is 25.5. The Kier molecular flexibility index (Phi) is 6.74. The number of carbonyl (C=O) groups is 1. The molecule has 1 aromatic heterocycles. The molecule has 0 N–H and O–H groups in total. The van der Waals surface area contributed by atoms with E-state index in [1.54, 1.807) is 45.0 Å². The van der Waals surface area contributed by atoms with Crippen LogP contribution in [0.25, 0.3) is 16.6 Å². The number of nitro benzene ring substituents is 1. The lowest BCUT2D eigenvalue weighted by atomic mass is 10.1. The predicted octanol–water partition coefficient (Wildman–Crippen LogP) is 5.09. The molecular weight excluding hydrogens is 539 g/mol. The van der Waals surface area contributed by atoms with Crippen LogP contribution in [0.4, 0.5) is 14.9 Å². The van der Waals surface area contributed by atoms with Gasteiger partial charge < -0.3 is 9.47 Å². The van der Waals surface area contributed by atoms with Gasteiger partial charge in [-0.05, 0) is 61.0 Å². The van der Waals surface area contributed by atoms with Crippen LogP contribution in [-0.2, 0) is 4.74 Å². The summed E-state index contributed by atoms with van der Waals surface area (Å²) in [4.78, 5) is 43.5. The number of alkyl halides is 1. The summed E-state index contributed by atoms with van der Waals surface area (Å²) in [6.07, 6.45) is -2.19. The summed E-state index contributed by atoms with van der Waals surface area (Å²) in [5.74, 6) is 0.652. The van der Waals surface area contributed by atoms with Crippen LogP contribution in [0.1, 0.15) is 39.1 Å². The third kappa shape index (κ3) is 4.90. The quantitative estimate of drug-likeness (QED) is 0.321. The number of fused-ring (bicyclic) bond motifs is 1. The number of carbonyl (C=O) groups excluding carboxylic acids is 1. The van der Waals surface area contributed by atoms with Crippen LogP contribution in [0.5, 0.6) is 5.75 Å². The lowest BCUT2D eigenvalue weighted by molar-refractivity contribution is -0.384. The fourth-order valence-electron chi connectivity index (χ4n) is 4.11. The molecular formula is C24H24BrFN4O6. The smallest absolute Gasteiger partial charge is 0.411 e. The van der Waals surface area contributed by atoms with Crippen LogP contribution in [0.2, 0.25) is 0 Å². The fraction of sp³-hybridized carbons (Fsp3) is 0.375. The van der Waals surface area contributed by atoms with Crippen molar-refractivity contribution in [3.05, 3.63) is 67.2 Å². The third-order valence-electron chi connectivity index (χ3n) is 5.65. The van der Waals surface area contributed by atoms with Crippen LogP contribution in [0.3, 0.4) is 0 Å². The second kappa shape index (κ2) is 9.49.